The number of allylic oxidation sites excluding steroid dienone is 5. The second-order valence-corrected chi connectivity index (χ2v) is 6.48. The Morgan fingerprint density at radius 3 is 2.62 bits per heavy atom. The van der Waals surface area contributed by atoms with Gasteiger partial charge in [-0.1, -0.05) is 57.2 Å². The lowest BCUT2D eigenvalue weighted by molar-refractivity contribution is 0.414. The van der Waals surface area contributed by atoms with E-state index in [4.69, 9.17) is 4.42 Å². The van der Waals surface area contributed by atoms with Crippen LogP contribution in [0.1, 0.15) is 40.0 Å². The first-order valence-corrected chi connectivity index (χ1v) is 7.27. The minimum atomic E-state index is 0.218. The van der Waals surface area contributed by atoms with Crippen molar-refractivity contribution in [3.05, 3.63) is 60.5 Å². The Morgan fingerprint density at radius 2 is 2.00 bits per heavy atom. The van der Waals surface area contributed by atoms with E-state index in [1.54, 1.807) is 0 Å². The van der Waals surface area contributed by atoms with Gasteiger partial charge in [-0.05, 0) is 37.0 Å². The number of rotatable bonds is 4. The topological polar surface area (TPSA) is 26.0 Å². The molecule has 0 radical (unpaired) electrons. The van der Waals surface area contributed by atoms with Gasteiger partial charge in [0.1, 0.15) is 5.52 Å². The highest BCUT2D eigenvalue weighted by Crippen LogP contribution is 2.27. The van der Waals surface area contributed by atoms with Gasteiger partial charge < -0.3 is 4.42 Å². The van der Waals surface area contributed by atoms with E-state index in [1.807, 2.05) is 43.3 Å². The molecular formula is C19H23NO. The molecular weight excluding hydrogens is 258 g/mol. The van der Waals surface area contributed by atoms with E-state index in [0.717, 1.165) is 28.7 Å². The van der Waals surface area contributed by atoms with Crippen LogP contribution < -0.4 is 0 Å². The SMILES string of the molecule is C=C(/C=C(\C=C/C)c1nc2ccccc2o1)CC(C)(C)C. The predicted octanol–water partition coefficient (Wildman–Crippen LogP) is 5.78. The van der Waals surface area contributed by atoms with Crippen molar-refractivity contribution in [2.75, 3.05) is 0 Å². The summed E-state index contributed by atoms with van der Waals surface area (Å²) < 4.78 is 5.84. The third-order valence-corrected chi connectivity index (χ3v) is 3.00. The predicted molar refractivity (Wildman–Crippen MR) is 90.0 cm³/mol. The van der Waals surface area contributed by atoms with Crippen molar-refractivity contribution in [3.63, 3.8) is 0 Å². The summed E-state index contributed by atoms with van der Waals surface area (Å²) in [4.78, 5) is 4.55. The van der Waals surface area contributed by atoms with E-state index in [1.165, 1.54) is 0 Å². The van der Waals surface area contributed by atoms with Crippen molar-refractivity contribution in [1.29, 1.82) is 0 Å². The Morgan fingerprint density at radius 1 is 1.29 bits per heavy atom. The summed E-state index contributed by atoms with van der Waals surface area (Å²) in [5.41, 5.74) is 3.95. The number of nitrogens with zero attached hydrogens (tertiary/aromatic N) is 1. The van der Waals surface area contributed by atoms with E-state index in [-0.39, 0.29) is 5.41 Å². The average molecular weight is 281 g/mol. The van der Waals surface area contributed by atoms with E-state index in [9.17, 15) is 0 Å². The smallest absolute Gasteiger partial charge is 0.227 e. The molecule has 1 aromatic heterocycles. The third kappa shape index (κ3) is 4.19. The van der Waals surface area contributed by atoms with Crippen molar-refractivity contribution < 1.29 is 4.42 Å². The van der Waals surface area contributed by atoms with Crippen LogP contribution in [0.25, 0.3) is 16.7 Å². The van der Waals surface area contributed by atoms with Gasteiger partial charge >= 0.3 is 0 Å². The number of fused-ring (bicyclic) bond motifs is 1. The lowest BCUT2D eigenvalue weighted by Gasteiger charge is -2.18. The van der Waals surface area contributed by atoms with Crippen molar-refractivity contribution >= 4 is 16.7 Å². The Balaban J connectivity index is 2.36. The first kappa shape index (κ1) is 15.3. The summed E-state index contributed by atoms with van der Waals surface area (Å²) >= 11 is 0. The molecule has 21 heavy (non-hydrogen) atoms. The van der Waals surface area contributed by atoms with Crippen LogP contribution in [0.3, 0.4) is 0 Å². The molecule has 0 unspecified atom stereocenters. The summed E-state index contributed by atoms with van der Waals surface area (Å²) in [7, 11) is 0. The number of oxazole rings is 1. The molecule has 110 valence electrons. The molecule has 1 heterocycles. The molecule has 0 saturated heterocycles. The molecule has 0 aliphatic carbocycles. The fourth-order valence-electron chi connectivity index (χ4n) is 2.31. The Hall–Kier alpha value is -2.09. The van der Waals surface area contributed by atoms with Gasteiger partial charge in [0.15, 0.2) is 5.58 Å². The van der Waals surface area contributed by atoms with E-state index < -0.39 is 0 Å². The van der Waals surface area contributed by atoms with Gasteiger partial charge in [-0.25, -0.2) is 4.98 Å². The van der Waals surface area contributed by atoms with Crippen LogP contribution in [0.5, 0.6) is 0 Å². The molecule has 0 aliphatic heterocycles. The first-order chi connectivity index (χ1) is 9.89. The Labute approximate surface area is 126 Å². The van der Waals surface area contributed by atoms with Crippen LogP contribution in [-0.4, -0.2) is 4.98 Å². The van der Waals surface area contributed by atoms with Crippen LogP contribution in [0, 0.1) is 5.41 Å². The second-order valence-electron chi connectivity index (χ2n) is 6.48. The van der Waals surface area contributed by atoms with Gasteiger partial charge in [-0.2, -0.15) is 0 Å². The van der Waals surface area contributed by atoms with Gasteiger partial charge in [0.2, 0.25) is 5.89 Å². The molecule has 0 atom stereocenters. The average Bonchev–Trinajstić information content (AvgIpc) is 2.79. The van der Waals surface area contributed by atoms with Gasteiger partial charge in [0.25, 0.3) is 0 Å². The number of benzene rings is 1. The quantitative estimate of drug-likeness (QED) is 0.664. The summed E-state index contributed by atoms with van der Waals surface area (Å²) in [5, 5.41) is 0. The van der Waals surface area contributed by atoms with Crippen LogP contribution in [0.15, 0.2) is 59.1 Å². The first-order valence-electron chi connectivity index (χ1n) is 7.27. The molecule has 0 fully saturated rings. The Bertz CT molecular complexity index is 663. The highest BCUT2D eigenvalue weighted by atomic mass is 16.3. The lowest BCUT2D eigenvalue weighted by Crippen LogP contribution is -2.05. The molecule has 0 N–H and O–H groups in total. The van der Waals surface area contributed by atoms with Crippen LogP contribution in [-0.2, 0) is 0 Å². The molecule has 1 aromatic carbocycles. The molecule has 0 saturated carbocycles. The van der Waals surface area contributed by atoms with Gasteiger partial charge in [0, 0.05) is 5.57 Å². The minimum Gasteiger partial charge on any atom is -0.436 e. The van der Waals surface area contributed by atoms with Crippen molar-refractivity contribution in [2.24, 2.45) is 5.41 Å². The molecule has 2 nitrogen and oxygen atoms in total. The minimum absolute atomic E-state index is 0.218. The lowest BCUT2D eigenvalue weighted by atomic mass is 9.88. The van der Waals surface area contributed by atoms with E-state index in [2.05, 4.69) is 38.4 Å². The van der Waals surface area contributed by atoms with Gasteiger partial charge in [-0.3, -0.25) is 0 Å². The number of hydrogen-bond acceptors (Lipinski definition) is 2. The summed E-state index contributed by atoms with van der Waals surface area (Å²) in [6, 6.07) is 7.81. The maximum absolute atomic E-state index is 5.84. The fraction of sp³-hybridized carbons (Fsp3) is 0.316. The third-order valence-electron chi connectivity index (χ3n) is 3.00. The summed E-state index contributed by atoms with van der Waals surface area (Å²) in [5.74, 6) is 0.643. The number of aromatic nitrogens is 1. The monoisotopic (exact) mass is 281 g/mol. The normalized spacial score (nSPS) is 13.2. The Kier molecular flexibility index (Phi) is 4.46. The number of para-hydroxylation sites is 2. The largest absolute Gasteiger partial charge is 0.436 e. The van der Waals surface area contributed by atoms with Crippen LogP contribution in [0.4, 0.5) is 0 Å². The summed E-state index contributed by atoms with van der Waals surface area (Å²) in [6.07, 6.45) is 7.01. The van der Waals surface area contributed by atoms with E-state index in [0.29, 0.717) is 5.89 Å². The van der Waals surface area contributed by atoms with E-state index >= 15 is 0 Å². The summed E-state index contributed by atoms with van der Waals surface area (Å²) in [6.45, 7) is 12.8. The van der Waals surface area contributed by atoms with Crippen molar-refractivity contribution in [2.45, 2.75) is 34.1 Å². The highest BCUT2D eigenvalue weighted by Gasteiger charge is 2.13. The molecule has 2 rings (SSSR count). The van der Waals surface area contributed by atoms with Crippen molar-refractivity contribution in [3.8, 4) is 0 Å². The zero-order chi connectivity index (χ0) is 15.5. The van der Waals surface area contributed by atoms with Crippen molar-refractivity contribution in [1.82, 2.24) is 4.98 Å². The molecule has 0 amide bonds. The highest BCUT2D eigenvalue weighted by molar-refractivity contribution is 5.78. The van der Waals surface area contributed by atoms with Crippen LogP contribution in [0.2, 0.25) is 0 Å². The fourth-order valence-corrected chi connectivity index (χ4v) is 2.31. The zero-order valence-electron chi connectivity index (χ0n) is 13.3. The second kappa shape index (κ2) is 6.13. The maximum atomic E-state index is 5.84. The van der Waals surface area contributed by atoms with Gasteiger partial charge in [-0.15, -0.1) is 0 Å². The number of hydrogen-bond donors (Lipinski definition) is 0. The maximum Gasteiger partial charge on any atom is 0.227 e. The molecule has 2 aromatic rings. The molecule has 2 heteroatoms. The molecule has 0 spiro atoms. The standard InChI is InChI=1S/C19H23NO/c1-6-9-15(12-14(2)13-19(3,4)5)18-20-16-10-7-8-11-17(16)21-18/h6-12H,2,13H2,1,3-5H3/b9-6-,15-12+. The van der Waals surface area contributed by atoms with Crippen LogP contribution >= 0.6 is 0 Å². The molecule has 0 bridgehead atoms. The molecule has 0 aliphatic rings. The zero-order valence-corrected chi connectivity index (χ0v) is 13.3. The van der Waals surface area contributed by atoms with Gasteiger partial charge in [0.05, 0.1) is 0 Å².